The molecule has 1 fully saturated rings. The molecule has 1 aliphatic rings. The molecule has 0 aliphatic carbocycles. The number of piperidine rings is 1. The number of hydrogen-bond donors (Lipinski definition) is 1. The summed E-state index contributed by atoms with van der Waals surface area (Å²) in [5, 5.41) is 0.465. The summed E-state index contributed by atoms with van der Waals surface area (Å²) >= 11 is 3.33. The molecule has 3 rings (SSSR count). The number of amides is 2. The van der Waals surface area contributed by atoms with Crippen molar-refractivity contribution in [2.45, 2.75) is 19.4 Å². The van der Waals surface area contributed by atoms with Crippen molar-refractivity contribution >= 4 is 38.6 Å². The van der Waals surface area contributed by atoms with Crippen molar-refractivity contribution in [1.82, 2.24) is 14.5 Å². The number of nitrogens with two attached hydrogens (primary N) is 1. The number of carbonyl (C=O) groups excluding carboxylic acids is 2. The number of fused-ring (bicyclic) bond motifs is 1. The van der Waals surface area contributed by atoms with Gasteiger partial charge in [0.2, 0.25) is 11.8 Å². The molecule has 1 aromatic carbocycles. The summed E-state index contributed by atoms with van der Waals surface area (Å²) in [4.78, 5) is 42.0. The van der Waals surface area contributed by atoms with Crippen molar-refractivity contribution in [3.05, 3.63) is 39.4 Å². The second kappa shape index (κ2) is 6.72. The van der Waals surface area contributed by atoms with Gasteiger partial charge in [-0.25, -0.2) is 4.98 Å². The first-order chi connectivity index (χ1) is 11.5. The fraction of sp³-hybridized carbons (Fsp3) is 0.375. The van der Waals surface area contributed by atoms with Crippen molar-refractivity contribution in [2.24, 2.45) is 11.7 Å². The van der Waals surface area contributed by atoms with Crippen molar-refractivity contribution in [1.29, 1.82) is 0 Å². The first-order valence-corrected chi connectivity index (χ1v) is 8.47. The number of carbonyl (C=O) groups is 2. The number of benzene rings is 1. The maximum absolute atomic E-state index is 12.5. The van der Waals surface area contributed by atoms with Gasteiger partial charge in [0.1, 0.15) is 6.54 Å². The first kappa shape index (κ1) is 16.6. The molecule has 1 saturated heterocycles. The van der Waals surface area contributed by atoms with E-state index < -0.39 is 0 Å². The Bertz CT molecular complexity index is 856. The SMILES string of the molecule is NC(=O)C1CCN(C(=O)Cn2cnc3ccc(Br)cc3c2=O)CC1. The van der Waals surface area contributed by atoms with Crippen LogP contribution in [0, 0.1) is 5.92 Å². The molecule has 126 valence electrons. The van der Waals surface area contributed by atoms with Gasteiger partial charge < -0.3 is 10.6 Å². The van der Waals surface area contributed by atoms with E-state index in [0.717, 1.165) is 4.47 Å². The second-order valence-corrected chi connectivity index (χ2v) is 6.81. The zero-order chi connectivity index (χ0) is 17.3. The molecule has 0 spiro atoms. The van der Waals surface area contributed by atoms with Crippen LogP contribution in [0.2, 0.25) is 0 Å². The van der Waals surface area contributed by atoms with Crippen LogP contribution < -0.4 is 11.3 Å². The molecule has 2 aromatic rings. The average molecular weight is 393 g/mol. The normalized spacial score (nSPS) is 15.6. The Hall–Kier alpha value is -2.22. The fourth-order valence-corrected chi connectivity index (χ4v) is 3.26. The molecule has 7 nitrogen and oxygen atoms in total. The van der Waals surface area contributed by atoms with Crippen LogP contribution in [0.15, 0.2) is 33.8 Å². The van der Waals surface area contributed by atoms with Gasteiger partial charge >= 0.3 is 0 Å². The van der Waals surface area contributed by atoms with Crippen LogP contribution in [0.4, 0.5) is 0 Å². The van der Waals surface area contributed by atoms with Gasteiger partial charge in [0.25, 0.3) is 5.56 Å². The third-order valence-electron chi connectivity index (χ3n) is 4.34. The molecule has 0 unspecified atom stereocenters. The van der Waals surface area contributed by atoms with Gasteiger partial charge in [0.15, 0.2) is 0 Å². The summed E-state index contributed by atoms with van der Waals surface area (Å²) in [6, 6.07) is 5.26. The number of aromatic nitrogens is 2. The Morgan fingerprint density at radius 3 is 2.67 bits per heavy atom. The van der Waals surface area contributed by atoms with Gasteiger partial charge in [-0.1, -0.05) is 15.9 Å². The molecule has 2 heterocycles. The average Bonchev–Trinajstić information content (AvgIpc) is 2.58. The van der Waals surface area contributed by atoms with E-state index in [1.165, 1.54) is 10.9 Å². The van der Waals surface area contributed by atoms with Crippen molar-refractivity contribution < 1.29 is 9.59 Å². The Balaban J connectivity index is 1.75. The first-order valence-electron chi connectivity index (χ1n) is 7.67. The minimum atomic E-state index is -0.317. The van der Waals surface area contributed by atoms with Gasteiger partial charge in [-0.05, 0) is 31.0 Å². The smallest absolute Gasteiger partial charge is 0.261 e. The Kier molecular flexibility index (Phi) is 4.66. The Labute approximate surface area is 146 Å². The molecule has 0 radical (unpaired) electrons. The molecule has 0 atom stereocenters. The summed E-state index contributed by atoms with van der Waals surface area (Å²) in [7, 11) is 0. The van der Waals surface area contributed by atoms with Crippen molar-refractivity contribution in [3.63, 3.8) is 0 Å². The van der Waals surface area contributed by atoms with Crippen LogP contribution in [0.5, 0.6) is 0 Å². The quantitative estimate of drug-likeness (QED) is 0.837. The monoisotopic (exact) mass is 392 g/mol. The van der Waals surface area contributed by atoms with E-state index in [9.17, 15) is 14.4 Å². The molecule has 2 N–H and O–H groups in total. The van der Waals surface area contributed by atoms with E-state index in [0.29, 0.717) is 36.8 Å². The largest absolute Gasteiger partial charge is 0.369 e. The zero-order valence-corrected chi connectivity index (χ0v) is 14.5. The lowest BCUT2D eigenvalue weighted by Gasteiger charge is -2.30. The third kappa shape index (κ3) is 3.33. The number of likely N-dealkylation sites (tertiary alicyclic amines) is 1. The van der Waals surface area contributed by atoms with Crippen LogP contribution in [0.25, 0.3) is 10.9 Å². The molecule has 8 heteroatoms. The molecular formula is C16H17BrN4O3. The number of hydrogen-bond acceptors (Lipinski definition) is 4. The van der Waals surface area contributed by atoms with Gasteiger partial charge in [0.05, 0.1) is 17.2 Å². The Morgan fingerprint density at radius 1 is 1.29 bits per heavy atom. The third-order valence-corrected chi connectivity index (χ3v) is 4.83. The van der Waals surface area contributed by atoms with E-state index >= 15 is 0 Å². The highest BCUT2D eigenvalue weighted by Crippen LogP contribution is 2.17. The molecule has 1 aliphatic heterocycles. The summed E-state index contributed by atoms with van der Waals surface area (Å²) in [5.74, 6) is -0.643. The lowest BCUT2D eigenvalue weighted by atomic mass is 9.96. The molecule has 1 aromatic heterocycles. The Morgan fingerprint density at radius 2 is 2.00 bits per heavy atom. The summed E-state index contributed by atoms with van der Waals surface area (Å²) in [6.45, 7) is 0.900. The van der Waals surface area contributed by atoms with Crippen molar-refractivity contribution in [3.8, 4) is 0 Å². The lowest BCUT2D eigenvalue weighted by Crippen LogP contribution is -2.43. The highest BCUT2D eigenvalue weighted by Gasteiger charge is 2.26. The number of rotatable bonds is 3. The van der Waals surface area contributed by atoms with Crippen LogP contribution in [0.3, 0.4) is 0 Å². The molecule has 0 saturated carbocycles. The van der Waals surface area contributed by atoms with Gasteiger partial charge in [-0.15, -0.1) is 0 Å². The summed E-state index contributed by atoms with van der Waals surface area (Å²) in [6.07, 6.45) is 2.53. The molecule has 2 amide bonds. The van der Waals surface area contributed by atoms with Crippen LogP contribution >= 0.6 is 15.9 Å². The van der Waals surface area contributed by atoms with E-state index in [1.54, 1.807) is 17.0 Å². The highest BCUT2D eigenvalue weighted by atomic mass is 79.9. The summed E-state index contributed by atoms with van der Waals surface area (Å²) in [5.41, 5.74) is 5.64. The van der Waals surface area contributed by atoms with Crippen molar-refractivity contribution in [2.75, 3.05) is 13.1 Å². The lowest BCUT2D eigenvalue weighted by molar-refractivity contribution is -0.135. The number of halogens is 1. The predicted octanol–water partition coefficient (Wildman–Crippen LogP) is 0.883. The standard InChI is InChI=1S/C16H17BrN4O3/c17-11-1-2-13-12(7-11)16(24)21(9-19-13)8-14(22)20-5-3-10(4-6-20)15(18)23/h1-2,7,9-10H,3-6,8H2,(H2,18,23). The van der Waals surface area contributed by atoms with Crippen LogP contribution in [-0.2, 0) is 16.1 Å². The van der Waals surface area contributed by atoms with Gasteiger partial charge in [-0.2, -0.15) is 0 Å². The molecule has 24 heavy (non-hydrogen) atoms. The zero-order valence-electron chi connectivity index (χ0n) is 12.9. The highest BCUT2D eigenvalue weighted by molar-refractivity contribution is 9.10. The fourth-order valence-electron chi connectivity index (χ4n) is 2.90. The summed E-state index contributed by atoms with van der Waals surface area (Å²) < 4.78 is 2.10. The van der Waals surface area contributed by atoms with Crippen LogP contribution in [-0.4, -0.2) is 39.4 Å². The van der Waals surface area contributed by atoms with Crippen LogP contribution in [0.1, 0.15) is 12.8 Å². The van der Waals surface area contributed by atoms with E-state index in [1.807, 2.05) is 6.07 Å². The minimum Gasteiger partial charge on any atom is -0.369 e. The second-order valence-electron chi connectivity index (χ2n) is 5.90. The van der Waals surface area contributed by atoms with Gasteiger partial charge in [-0.3, -0.25) is 19.0 Å². The predicted molar refractivity (Wildman–Crippen MR) is 92.2 cm³/mol. The maximum atomic E-state index is 12.5. The number of primary amides is 1. The van der Waals surface area contributed by atoms with E-state index in [4.69, 9.17) is 5.73 Å². The van der Waals surface area contributed by atoms with E-state index in [-0.39, 0.29) is 29.8 Å². The molecular weight excluding hydrogens is 376 g/mol. The number of nitrogens with zero attached hydrogens (tertiary/aromatic N) is 3. The topological polar surface area (TPSA) is 98.3 Å². The van der Waals surface area contributed by atoms with E-state index in [2.05, 4.69) is 20.9 Å². The maximum Gasteiger partial charge on any atom is 0.261 e. The van der Waals surface area contributed by atoms with Gasteiger partial charge in [0, 0.05) is 23.5 Å². The molecule has 0 bridgehead atoms. The minimum absolute atomic E-state index is 0.0600.